The van der Waals surface area contributed by atoms with E-state index < -0.39 is 23.3 Å². The summed E-state index contributed by atoms with van der Waals surface area (Å²) < 4.78 is 0. The molecular weight excluding hydrogens is 412 g/mol. The number of carbonyl (C=O) groups is 3. The van der Waals surface area contributed by atoms with Crippen LogP contribution >= 0.6 is 35.3 Å². The summed E-state index contributed by atoms with van der Waals surface area (Å²) >= 11 is 3.61. The van der Waals surface area contributed by atoms with Gasteiger partial charge < -0.3 is 10.4 Å². The number of hydrogen-bond acceptors (Lipinski definition) is 9. The lowest BCUT2D eigenvalue weighted by atomic mass is 10.1. The number of carboxylic acid groups (broad SMARTS) is 1. The molecule has 1 saturated heterocycles. The quantitative estimate of drug-likeness (QED) is 0.413. The summed E-state index contributed by atoms with van der Waals surface area (Å²) in [4.78, 5) is 41.7. The number of nitriles is 1. The summed E-state index contributed by atoms with van der Waals surface area (Å²) in [5.74, 6) is -1.60. The molecule has 1 fully saturated rings. The van der Waals surface area contributed by atoms with Crippen LogP contribution in [0.1, 0.15) is 0 Å². The summed E-state index contributed by atoms with van der Waals surface area (Å²) in [7, 11) is 0. The molecule has 0 unspecified atom stereocenters. The zero-order valence-electron chi connectivity index (χ0n) is 13.5. The molecular formula is C14H12N6O4S3. The molecule has 0 aromatic carbocycles. The van der Waals surface area contributed by atoms with Gasteiger partial charge in [0, 0.05) is 16.7 Å². The van der Waals surface area contributed by atoms with E-state index in [9.17, 15) is 19.5 Å². The van der Waals surface area contributed by atoms with Crippen molar-refractivity contribution >= 4 is 53.1 Å². The fourth-order valence-electron chi connectivity index (χ4n) is 2.45. The second kappa shape index (κ2) is 8.51. The second-order valence-electron chi connectivity index (χ2n) is 5.17. The molecule has 27 heavy (non-hydrogen) atoms. The number of aromatic nitrogens is 3. The molecule has 3 heterocycles. The van der Waals surface area contributed by atoms with Crippen molar-refractivity contribution in [1.82, 2.24) is 25.4 Å². The van der Waals surface area contributed by atoms with Crippen molar-refractivity contribution in [2.75, 3.05) is 11.5 Å². The standard InChI is InChI=1S/C14H12N6O4S3/c15-2-1-3-25-5-8(21)18-9-11(22)20-10(13(23)24)7(4-26-12(9)20)27-14-16-6-17-19-14/h1,3,6,9,12H,4-5H2,(H,18,21)(H,23,24)(H,16,17,19)/b3-1+/t9-,12-/m1/s1. The van der Waals surface area contributed by atoms with E-state index >= 15 is 0 Å². The van der Waals surface area contributed by atoms with Crippen molar-refractivity contribution in [2.24, 2.45) is 0 Å². The predicted molar refractivity (Wildman–Crippen MR) is 99.1 cm³/mol. The van der Waals surface area contributed by atoms with Gasteiger partial charge in [-0.05, 0) is 5.41 Å². The normalized spacial score (nSPS) is 21.6. The number of allylic oxidation sites excluding steroid dienone is 1. The Hall–Kier alpha value is -2.43. The first-order chi connectivity index (χ1) is 13.0. The summed E-state index contributed by atoms with van der Waals surface area (Å²) in [6.45, 7) is 0. The number of aromatic amines is 1. The molecule has 140 valence electrons. The van der Waals surface area contributed by atoms with Gasteiger partial charge in [-0.25, -0.2) is 9.78 Å². The Kier molecular flexibility index (Phi) is 6.09. The van der Waals surface area contributed by atoms with Gasteiger partial charge in [0.1, 0.15) is 23.4 Å². The predicted octanol–water partition coefficient (Wildman–Crippen LogP) is 0.363. The first-order valence-electron chi connectivity index (χ1n) is 7.43. The van der Waals surface area contributed by atoms with Gasteiger partial charge in [0.25, 0.3) is 5.91 Å². The van der Waals surface area contributed by atoms with Gasteiger partial charge in [0.2, 0.25) is 5.91 Å². The van der Waals surface area contributed by atoms with E-state index in [4.69, 9.17) is 5.26 Å². The highest BCUT2D eigenvalue weighted by atomic mass is 32.2. The zero-order chi connectivity index (χ0) is 19.4. The number of nitrogens with one attached hydrogen (secondary N) is 2. The number of carboxylic acids is 1. The van der Waals surface area contributed by atoms with Crippen LogP contribution in [0.5, 0.6) is 0 Å². The average Bonchev–Trinajstić information content (AvgIpc) is 3.15. The number of β-lactam (4-membered cyclic amide) rings is 1. The smallest absolute Gasteiger partial charge is 0.353 e. The van der Waals surface area contributed by atoms with Crippen molar-refractivity contribution in [2.45, 2.75) is 16.6 Å². The summed E-state index contributed by atoms with van der Waals surface area (Å²) in [5, 5.41) is 28.4. The van der Waals surface area contributed by atoms with Gasteiger partial charge in [-0.2, -0.15) is 10.4 Å². The van der Waals surface area contributed by atoms with Crippen LogP contribution in [0.25, 0.3) is 0 Å². The minimum absolute atomic E-state index is 0.0631. The van der Waals surface area contributed by atoms with Crippen LogP contribution in [0.4, 0.5) is 0 Å². The minimum atomic E-state index is -1.21. The van der Waals surface area contributed by atoms with Crippen LogP contribution in [0, 0.1) is 11.3 Å². The third kappa shape index (κ3) is 4.12. The number of rotatable bonds is 7. The Balaban J connectivity index is 1.68. The lowest BCUT2D eigenvalue weighted by Gasteiger charge is -2.49. The molecule has 0 saturated carbocycles. The number of carbonyl (C=O) groups excluding carboxylic acids is 2. The fourth-order valence-corrected chi connectivity index (χ4v) is 5.28. The number of aliphatic carboxylic acids is 1. The summed E-state index contributed by atoms with van der Waals surface area (Å²) in [5.41, 5.74) is -0.0954. The molecule has 0 aliphatic carbocycles. The molecule has 0 bridgehead atoms. The van der Waals surface area contributed by atoms with E-state index in [0.29, 0.717) is 15.8 Å². The molecule has 1 aromatic rings. The first kappa shape index (κ1) is 19.3. The van der Waals surface area contributed by atoms with Crippen LogP contribution in [0.2, 0.25) is 0 Å². The second-order valence-corrected chi connectivity index (χ2v) is 8.25. The van der Waals surface area contributed by atoms with Crippen LogP contribution in [0.15, 0.2) is 33.6 Å². The number of amides is 2. The van der Waals surface area contributed by atoms with E-state index in [-0.39, 0.29) is 17.4 Å². The summed E-state index contributed by atoms with van der Waals surface area (Å²) in [6, 6.07) is 1.04. The number of nitrogens with zero attached hydrogens (tertiary/aromatic N) is 4. The van der Waals surface area contributed by atoms with Crippen molar-refractivity contribution in [3.8, 4) is 6.07 Å². The van der Waals surface area contributed by atoms with E-state index in [2.05, 4.69) is 20.5 Å². The van der Waals surface area contributed by atoms with Crippen LogP contribution in [0.3, 0.4) is 0 Å². The largest absolute Gasteiger partial charge is 0.477 e. The van der Waals surface area contributed by atoms with Crippen molar-refractivity contribution < 1.29 is 19.5 Å². The third-order valence-corrected chi connectivity index (χ3v) is 6.71. The van der Waals surface area contributed by atoms with Gasteiger partial charge in [-0.1, -0.05) is 11.8 Å². The van der Waals surface area contributed by atoms with Gasteiger partial charge in [0.15, 0.2) is 5.16 Å². The highest BCUT2D eigenvalue weighted by Crippen LogP contribution is 2.44. The molecule has 0 spiro atoms. The topological polar surface area (TPSA) is 152 Å². The van der Waals surface area contributed by atoms with E-state index in [0.717, 1.165) is 23.5 Å². The first-order valence-corrected chi connectivity index (χ1v) is 10.3. The van der Waals surface area contributed by atoms with Gasteiger partial charge in [-0.15, -0.1) is 23.5 Å². The Morgan fingerprint density at radius 3 is 3.07 bits per heavy atom. The molecule has 1 aromatic heterocycles. The SMILES string of the molecule is N#C/C=C/SCC(=O)N[C@@H]1C(=O)N2C(C(=O)O)=C(Sc3ncn[nH]3)CS[C@H]12. The molecule has 10 nitrogen and oxygen atoms in total. The van der Waals surface area contributed by atoms with E-state index in [1.807, 2.05) is 6.07 Å². The van der Waals surface area contributed by atoms with Gasteiger partial charge >= 0.3 is 5.97 Å². The summed E-state index contributed by atoms with van der Waals surface area (Å²) in [6.07, 6.45) is 2.56. The maximum atomic E-state index is 12.5. The molecule has 2 amide bonds. The molecule has 13 heteroatoms. The Morgan fingerprint density at radius 2 is 2.41 bits per heavy atom. The molecule has 2 atom stereocenters. The van der Waals surface area contributed by atoms with Crippen molar-refractivity contribution in [3.63, 3.8) is 0 Å². The molecule has 3 N–H and O–H groups in total. The number of fused-ring (bicyclic) bond motifs is 1. The Bertz CT molecular complexity index is 863. The van der Waals surface area contributed by atoms with Crippen LogP contribution in [-0.2, 0) is 14.4 Å². The number of thioether (sulfide) groups is 3. The molecule has 2 aliphatic heterocycles. The fraction of sp³-hybridized carbons (Fsp3) is 0.286. The van der Waals surface area contributed by atoms with Gasteiger partial charge in [0.05, 0.1) is 11.8 Å². The Morgan fingerprint density at radius 1 is 1.59 bits per heavy atom. The minimum Gasteiger partial charge on any atom is -0.477 e. The van der Waals surface area contributed by atoms with E-state index in [1.54, 1.807) is 0 Å². The maximum absolute atomic E-state index is 12.5. The molecule has 2 aliphatic rings. The van der Waals surface area contributed by atoms with Gasteiger partial charge in [-0.3, -0.25) is 19.6 Å². The van der Waals surface area contributed by atoms with Crippen molar-refractivity contribution in [1.29, 1.82) is 5.26 Å². The average molecular weight is 424 g/mol. The number of hydrogen-bond donors (Lipinski definition) is 3. The van der Waals surface area contributed by atoms with Crippen LogP contribution < -0.4 is 5.32 Å². The Labute approximate surface area is 165 Å². The monoisotopic (exact) mass is 424 g/mol. The lowest BCUT2D eigenvalue weighted by Crippen LogP contribution is -2.70. The molecule has 0 radical (unpaired) electrons. The highest BCUT2D eigenvalue weighted by molar-refractivity contribution is 8.06. The molecule has 3 rings (SSSR count). The highest BCUT2D eigenvalue weighted by Gasteiger charge is 2.54. The van der Waals surface area contributed by atoms with E-state index in [1.165, 1.54) is 34.5 Å². The zero-order valence-corrected chi connectivity index (χ0v) is 15.9. The lowest BCUT2D eigenvalue weighted by molar-refractivity contribution is -0.150. The third-order valence-electron chi connectivity index (χ3n) is 3.52. The number of H-pyrrole nitrogens is 1. The van der Waals surface area contributed by atoms with Crippen molar-refractivity contribution in [3.05, 3.63) is 28.4 Å². The maximum Gasteiger partial charge on any atom is 0.353 e. The van der Waals surface area contributed by atoms with Crippen LogP contribution in [-0.4, -0.2) is 65.9 Å².